The van der Waals surface area contributed by atoms with E-state index in [1.165, 1.54) is 6.33 Å². The molecule has 31 heavy (non-hydrogen) atoms. The second-order valence-corrected chi connectivity index (χ2v) is 7.88. The molecule has 4 aromatic rings. The largest absolute Gasteiger partial charge is 0.387 e. The van der Waals surface area contributed by atoms with Gasteiger partial charge < -0.3 is 10.4 Å². The number of carbonyl (C=O) groups excluding carboxylic acids is 1. The van der Waals surface area contributed by atoms with Crippen LogP contribution in [0.1, 0.15) is 37.1 Å². The minimum absolute atomic E-state index is 0.261. The number of hydrogen-bond acceptors (Lipinski definition) is 6. The van der Waals surface area contributed by atoms with Crippen molar-refractivity contribution in [1.29, 1.82) is 0 Å². The molecule has 1 amide bonds. The van der Waals surface area contributed by atoms with E-state index in [4.69, 9.17) is 0 Å². The molecule has 158 valence electrons. The molecule has 0 aromatic carbocycles. The van der Waals surface area contributed by atoms with Crippen LogP contribution < -0.4 is 5.32 Å². The van der Waals surface area contributed by atoms with Crippen LogP contribution in [0.3, 0.4) is 0 Å². The SMILES string of the molecule is CC[C@H](O)c1cc(C)c(-c2cc3cnc(NC(=O)[C@@H]4C[C@@H]4F)cc3n3ncnc23)cn1. The van der Waals surface area contributed by atoms with Crippen LogP contribution in [0.15, 0.2) is 36.9 Å². The van der Waals surface area contributed by atoms with Gasteiger partial charge in [0.15, 0.2) is 5.65 Å². The van der Waals surface area contributed by atoms with Gasteiger partial charge in [0.05, 0.1) is 23.2 Å². The molecule has 1 saturated carbocycles. The van der Waals surface area contributed by atoms with E-state index in [9.17, 15) is 14.3 Å². The van der Waals surface area contributed by atoms with Crippen LogP contribution in [0.25, 0.3) is 27.7 Å². The summed E-state index contributed by atoms with van der Waals surface area (Å²) in [7, 11) is 0. The van der Waals surface area contributed by atoms with Gasteiger partial charge in [0.1, 0.15) is 18.3 Å². The fourth-order valence-electron chi connectivity index (χ4n) is 3.74. The van der Waals surface area contributed by atoms with Gasteiger partial charge in [-0.15, -0.1) is 0 Å². The van der Waals surface area contributed by atoms with Crippen LogP contribution >= 0.6 is 0 Å². The Kier molecular flexibility index (Phi) is 4.62. The maximum absolute atomic E-state index is 13.2. The number of aryl methyl sites for hydroxylation is 1. The van der Waals surface area contributed by atoms with Crippen molar-refractivity contribution in [1.82, 2.24) is 24.6 Å². The Bertz CT molecular complexity index is 1320. The number of fused-ring (bicyclic) bond motifs is 3. The van der Waals surface area contributed by atoms with Crippen LogP contribution in [0, 0.1) is 12.8 Å². The highest BCUT2D eigenvalue weighted by Crippen LogP contribution is 2.35. The minimum Gasteiger partial charge on any atom is -0.387 e. The van der Waals surface area contributed by atoms with Gasteiger partial charge in [-0.25, -0.2) is 18.9 Å². The normalized spacial score (nSPS) is 19.0. The molecule has 0 saturated heterocycles. The molecule has 9 heteroatoms. The van der Waals surface area contributed by atoms with E-state index >= 15 is 0 Å². The summed E-state index contributed by atoms with van der Waals surface area (Å²) in [5.41, 5.74) is 4.67. The number of hydrogen-bond donors (Lipinski definition) is 2. The lowest BCUT2D eigenvalue weighted by atomic mass is 10.0. The van der Waals surface area contributed by atoms with Crippen molar-refractivity contribution >= 4 is 28.3 Å². The Labute approximate surface area is 177 Å². The van der Waals surface area contributed by atoms with E-state index in [0.29, 0.717) is 23.6 Å². The average molecular weight is 420 g/mol. The fourth-order valence-corrected chi connectivity index (χ4v) is 3.74. The first kappa shape index (κ1) is 19.5. The molecule has 8 nitrogen and oxygen atoms in total. The third kappa shape index (κ3) is 3.40. The number of rotatable bonds is 5. The van der Waals surface area contributed by atoms with E-state index in [-0.39, 0.29) is 12.3 Å². The molecule has 0 unspecified atom stereocenters. The van der Waals surface area contributed by atoms with Crippen LogP contribution in [0.2, 0.25) is 0 Å². The van der Waals surface area contributed by atoms with E-state index in [1.54, 1.807) is 23.0 Å². The molecule has 4 heterocycles. The van der Waals surface area contributed by atoms with E-state index in [0.717, 1.165) is 27.6 Å². The molecule has 2 N–H and O–H groups in total. The first-order valence-electron chi connectivity index (χ1n) is 10.2. The maximum Gasteiger partial charge on any atom is 0.231 e. The van der Waals surface area contributed by atoms with Crippen LogP contribution in [-0.4, -0.2) is 41.8 Å². The Balaban J connectivity index is 1.58. The van der Waals surface area contributed by atoms with Crippen LogP contribution in [0.5, 0.6) is 0 Å². The monoisotopic (exact) mass is 420 g/mol. The number of alkyl halides is 1. The summed E-state index contributed by atoms with van der Waals surface area (Å²) in [6.45, 7) is 3.87. The van der Waals surface area contributed by atoms with Gasteiger partial charge in [-0.2, -0.15) is 5.10 Å². The Hall–Kier alpha value is -3.46. The number of amides is 1. The van der Waals surface area contributed by atoms with Crippen molar-refractivity contribution in [3.05, 3.63) is 48.2 Å². The van der Waals surface area contributed by atoms with Gasteiger partial charge in [0.25, 0.3) is 0 Å². The molecule has 4 aromatic heterocycles. The predicted octanol–water partition coefficient (Wildman–Crippen LogP) is 3.39. The predicted molar refractivity (Wildman–Crippen MR) is 113 cm³/mol. The van der Waals surface area contributed by atoms with E-state index in [2.05, 4.69) is 25.4 Å². The van der Waals surface area contributed by atoms with E-state index < -0.39 is 18.2 Å². The smallest absolute Gasteiger partial charge is 0.231 e. The molecule has 1 fully saturated rings. The van der Waals surface area contributed by atoms with Gasteiger partial charge >= 0.3 is 0 Å². The molecule has 0 bridgehead atoms. The van der Waals surface area contributed by atoms with Crippen LogP contribution in [0.4, 0.5) is 10.2 Å². The summed E-state index contributed by atoms with van der Waals surface area (Å²) in [6.07, 6.45) is 4.04. The third-order valence-corrected chi connectivity index (χ3v) is 5.68. The first-order valence-corrected chi connectivity index (χ1v) is 10.2. The summed E-state index contributed by atoms with van der Waals surface area (Å²) in [4.78, 5) is 25.2. The first-order chi connectivity index (χ1) is 15.0. The number of nitrogens with one attached hydrogen (secondary N) is 1. The molecular weight excluding hydrogens is 399 g/mol. The van der Waals surface area contributed by atoms with E-state index in [1.807, 2.05) is 26.0 Å². The molecule has 1 aliphatic carbocycles. The quantitative estimate of drug-likeness (QED) is 0.513. The molecule has 3 atom stereocenters. The van der Waals surface area contributed by atoms with Crippen molar-refractivity contribution in [2.75, 3.05) is 5.32 Å². The van der Waals surface area contributed by atoms with Gasteiger partial charge in [-0.3, -0.25) is 9.78 Å². The number of halogens is 1. The fraction of sp³-hybridized carbons (Fsp3) is 0.318. The average Bonchev–Trinajstić information content (AvgIpc) is 3.30. The highest BCUT2D eigenvalue weighted by molar-refractivity contribution is 5.97. The van der Waals surface area contributed by atoms with Gasteiger partial charge in [-0.1, -0.05) is 6.92 Å². The highest BCUT2D eigenvalue weighted by Gasteiger charge is 2.43. The molecule has 0 aliphatic heterocycles. The second-order valence-electron chi connectivity index (χ2n) is 7.88. The number of nitrogens with zero attached hydrogens (tertiary/aromatic N) is 5. The standard InChI is InChI=1S/C22H21FN6O2/c1-3-19(30)17-4-11(2)15(9-24-17)13-5-12-8-25-20(28-22(31)14-6-16(14)23)7-18(12)29-21(13)26-10-27-29/h4-5,7-10,14,16,19,30H,3,6H2,1-2H3,(H,25,28,31)/t14-,16+,19+/m1/s1. The topological polar surface area (TPSA) is 105 Å². The maximum atomic E-state index is 13.2. The number of aromatic nitrogens is 5. The zero-order valence-corrected chi connectivity index (χ0v) is 17.1. The lowest BCUT2D eigenvalue weighted by Crippen LogP contribution is -2.16. The van der Waals surface area contributed by atoms with Crippen LogP contribution in [-0.2, 0) is 4.79 Å². The summed E-state index contributed by atoms with van der Waals surface area (Å²) in [5.74, 6) is -0.602. The molecule has 0 radical (unpaired) electrons. The molecular formula is C22H21FN6O2. The number of anilines is 1. The minimum atomic E-state index is -1.06. The van der Waals surface area contributed by atoms with Gasteiger partial charge in [-0.05, 0) is 37.5 Å². The Morgan fingerprint density at radius 3 is 2.77 bits per heavy atom. The van der Waals surface area contributed by atoms with Crippen molar-refractivity contribution in [3.8, 4) is 11.1 Å². The van der Waals surface area contributed by atoms with Crippen molar-refractivity contribution in [3.63, 3.8) is 0 Å². The van der Waals surface area contributed by atoms with Crippen molar-refractivity contribution in [2.24, 2.45) is 5.92 Å². The molecule has 5 rings (SSSR count). The number of aliphatic hydroxyl groups excluding tert-OH is 1. The lowest BCUT2D eigenvalue weighted by molar-refractivity contribution is -0.117. The van der Waals surface area contributed by atoms with Crippen molar-refractivity contribution in [2.45, 2.75) is 39.0 Å². The van der Waals surface area contributed by atoms with Crippen molar-refractivity contribution < 1.29 is 14.3 Å². The third-order valence-electron chi connectivity index (χ3n) is 5.68. The highest BCUT2D eigenvalue weighted by atomic mass is 19.1. The summed E-state index contributed by atoms with van der Waals surface area (Å²) in [5, 5.41) is 17.9. The van der Waals surface area contributed by atoms with Gasteiger partial charge in [0, 0.05) is 35.0 Å². The van der Waals surface area contributed by atoms with Gasteiger partial charge in [0.2, 0.25) is 5.91 Å². The zero-order valence-electron chi connectivity index (χ0n) is 17.1. The number of carbonyl (C=O) groups is 1. The Morgan fingerprint density at radius 1 is 1.26 bits per heavy atom. The second kappa shape index (κ2) is 7.35. The summed E-state index contributed by atoms with van der Waals surface area (Å²) < 4.78 is 14.8. The summed E-state index contributed by atoms with van der Waals surface area (Å²) >= 11 is 0. The lowest BCUT2D eigenvalue weighted by Gasteiger charge is -2.13. The summed E-state index contributed by atoms with van der Waals surface area (Å²) in [6, 6.07) is 5.55. The number of aliphatic hydroxyl groups is 1. The number of pyridine rings is 3. The Morgan fingerprint density at radius 2 is 2.06 bits per heavy atom. The zero-order chi connectivity index (χ0) is 21.7. The molecule has 0 spiro atoms. The molecule has 1 aliphatic rings.